The van der Waals surface area contributed by atoms with Crippen molar-refractivity contribution in [1.29, 1.82) is 10.5 Å². The van der Waals surface area contributed by atoms with Crippen LogP contribution in [0.1, 0.15) is 22.3 Å². The van der Waals surface area contributed by atoms with Crippen molar-refractivity contribution in [2.45, 2.75) is 6.42 Å². The number of carboxylic acids is 1. The Balaban J connectivity index is 3.11. The Kier molecular flexibility index (Phi) is 3.80. The molecule has 1 aromatic rings. The lowest BCUT2D eigenvalue weighted by Crippen LogP contribution is -2.13. The fourth-order valence-corrected chi connectivity index (χ4v) is 1.17. The molecular formula is C11H7N3O3. The van der Waals surface area contributed by atoms with Crippen molar-refractivity contribution in [3.63, 3.8) is 0 Å². The van der Waals surface area contributed by atoms with Crippen molar-refractivity contribution in [2.75, 3.05) is 5.32 Å². The molecule has 0 aromatic heterocycles. The van der Waals surface area contributed by atoms with E-state index in [0.717, 1.165) is 0 Å². The molecule has 6 nitrogen and oxygen atoms in total. The number of nitriles is 2. The summed E-state index contributed by atoms with van der Waals surface area (Å²) in [5, 5.41) is 28.1. The molecule has 0 saturated carbocycles. The summed E-state index contributed by atoms with van der Waals surface area (Å²) in [4.78, 5) is 22.0. The summed E-state index contributed by atoms with van der Waals surface area (Å²) in [6.07, 6.45) is -0.379. The van der Waals surface area contributed by atoms with Gasteiger partial charge in [-0.25, -0.2) is 4.79 Å². The first kappa shape index (κ1) is 12.2. The summed E-state index contributed by atoms with van der Waals surface area (Å²) >= 11 is 0. The first-order valence-electron chi connectivity index (χ1n) is 4.52. The van der Waals surface area contributed by atoms with Crippen LogP contribution in [0.5, 0.6) is 0 Å². The fourth-order valence-electron chi connectivity index (χ4n) is 1.17. The first-order chi connectivity index (χ1) is 8.08. The number of rotatable bonds is 3. The van der Waals surface area contributed by atoms with Crippen molar-refractivity contribution < 1.29 is 14.7 Å². The monoisotopic (exact) mass is 229 g/mol. The van der Waals surface area contributed by atoms with Crippen molar-refractivity contribution in [2.24, 2.45) is 0 Å². The largest absolute Gasteiger partial charge is 0.478 e. The Morgan fingerprint density at radius 2 is 2.06 bits per heavy atom. The smallest absolute Gasteiger partial charge is 0.337 e. The van der Waals surface area contributed by atoms with Gasteiger partial charge >= 0.3 is 5.97 Å². The number of carbonyl (C=O) groups excluding carboxylic acids is 1. The van der Waals surface area contributed by atoms with E-state index in [9.17, 15) is 9.59 Å². The topological polar surface area (TPSA) is 114 Å². The van der Waals surface area contributed by atoms with Crippen LogP contribution < -0.4 is 5.32 Å². The molecule has 0 aliphatic heterocycles. The van der Waals surface area contributed by atoms with Gasteiger partial charge in [-0.1, -0.05) is 0 Å². The predicted octanol–water partition coefficient (Wildman–Crippen LogP) is 1.11. The van der Waals surface area contributed by atoms with E-state index in [1.54, 1.807) is 6.07 Å². The van der Waals surface area contributed by atoms with Gasteiger partial charge in [0.25, 0.3) is 0 Å². The van der Waals surface area contributed by atoms with Gasteiger partial charge < -0.3 is 10.4 Å². The molecule has 0 unspecified atom stereocenters. The van der Waals surface area contributed by atoms with Gasteiger partial charge in [-0.15, -0.1) is 0 Å². The third-order valence-corrected chi connectivity index (χ3v) is 1.89. The van der Waals surface area contributed by atoms with Crippen LogP contribution in [0.2, 0.25) is 0 Å². The lowest BCUT2D eigenvalue weighted by Gasteiger charge is -2.07. The molecule has 1 aromatic carbocycles. The predicted molar refractivity (Wildman–Crippen MR) is 57.0 cm³/mol. The summed E-state index contributed by atoms with van der Waals surface area (Å²) in [5.74, 6) is -1.84. The molecule has 0 bridgehead atoms. The molecule has 0 saturated heterocycles. The Hall–Kier alpha value is -2.86. The number of hydrogen-bond donors (Lipinski definition) is 2. The van der Waals surface area contributed by atoms with Crippen LogP contribution in [0, 0.1) is 22.7 Å². The van der Waals surface area contributed by atoms with Crippen LogP contribution in [-0.2, 0) is 4.79 Å². The minimum Gasteiger partial charge on any atom is -0.478 e. The summed E-state index contributed by atoms with van der Waals surface area (Å²) in [5.41, 5.74) is 0.106. The summed E-state index contributed by atoms with van der Waals surface area (Å²) in [6.45, 7) is 0. The van der Waals surface area contributed by atoms with Gasteiger partial charge in [0.2, 0.25) is 5.91 Å². The maximum absolute atomic E-state index is 11.2. The summed E-state index contributed by atoms with van der Waals surface area (Å²) < 4.78 is 0. The quantitative estimate of drug-likeness (QED) is 0.805. The Morgan fingerprint density at radius 3 is 2.59 bits per heavy atom. The zero-order valence-electron chi connectivity index (χ0n) is 8.60. The van der Waals surface area contributed by atoms with Crippen molar-refractivity contribution in [3.05, 3.63) is 29.3 Å². The number of carbonyl (C=O) groups is 2. The third kappa shape index (κ3) is 3.05. The summed E-state index contributed by atoms with van der Waals surface area (Å²) in [6, 6.07) is 7.28. The Morgan fingerprint density at radius 1 is 1.35 bits per heavy atom. The molecule has 0 heterocycles. The van der Waals surface area contributed by atoms with E-state index in [-0.39, 0.29) is 23.2 Å². The molecule has 0 aliphatic carbocycles. The van der Waals surface area contributed by atoms with Crippen molar-refractivity contribution in [1.82, 2.24) is 0 Å². The standard InChI is InChI=1S/C11H7N3O3/c12-4-3-10(15)14-9-5-7(6-13)1-2-8(9)11(16)17/h1-2,5H,3H2,(H,14,15)(H,16,17). The van der Waals surface area contributed by atoms with E-state index in [0.29, 0.717) is 0 Å². The molecule has 0 atom stereocenters. The molecule has 2 N–H and O–H groups in total. The Bertz CT molecular complexity index is 552. The average Bonchev–Trinajstić information content (AvgIpc) is 2.28. The van der Waals surface area contributed by atoms with Gasteiger partial charge in [0.15, 0.2) is 0 Å². The lowest BCUT2D eigenvalue weighted by molar-refractivity contribution is -0.115. The van der Waals surface area contributed by atoms with E-state index >= 15 is 0 Å². The second-order valence-corrected chi connectivity index (χ2v) is 3.06. The highest BCUT2D eigenvalue weighted by Gasteiger charge is 2.12. The van der Waals surface area contributed by atoms with Crippen LogP contribution in [0.15, 0.2) is 18.2 Å². The first-order valence-corrected chi connectivity index (χ1v) is 4.52. The number of nitrogens with one attached hydrogen (secondary N) is 1. The average molecular weight is 229 g/mol. The van der Waals surface area contributed by atoms with E-state index < -0.39 is 11.9 Å². The minimum absolute atomic E-state index is 0.0109. The normalized spacial score (nSPS) is 8.82. The maximum atomic E-state index is 11.2. The van der Waals surface area contributed by atoms with Crippen LogP contribution >= 0.6 is 0 Å². The lowest BCUT2D eigenvalue weighted by atomic mass is 10.1. The van der Waals surface area contributed by atoms with Gasteiger partial charge in [0.1, 0.15) is 6.42 Å². The number of anilines is 1. The number of carboxylic acid groups (broad SMARTS) is 1. The van der Waals surface area contributed by atoms with E-state index in [4.69, 9.17) is 15.6 Å². The maximum Gasteiger partial charge on any atom is 0.337 e. The van der Waals surface area contributed by atoms with Crippen molar-refractivity contribution >= 4 is 17.6 Å². The zero-order chi connectivity index (χ0) is 12.8. The zero-order valence-corrected chi connectivity index (χ0v) is 8.60. The van der Waals surface area contributed by atoms with Gasteiger partial charge in [-0.2, -0.15) is 10.5 Å². The number of amides is 1. The molecule has 1 rings (SSSR count). The van der Waals surface area contributed by atoms with Crippen LogP contribution in [-0.4, -0.2) is 17.0 Å². The third-order valence-electron chi connectivity index (χ3n) is 1.89. The summed E-state index contributed by atoms with van der Waals surface area (Å²) in [7, 11) is 0. The molecule has 0 radical (unpaired) electrons. The van der Waals surface area contributed by atoms with Crippen molar-refractivity contribution in [3.8, 4) is 12.1 Å². The minimum atomic E-state index is -1.22. The van der Waals surface area contributed by atoms with E-state index in [1.165, 1.54) is 18.2 Å². The second-order valence-electron chi connectivity index (χ2n) is 3.06. The molecule has 0 spiro atoms. The molecule has 0 fully saturated rings. The number of benzene rings is 1. The highest BCUT2D eigenvalue weighted by molar-refractivity contribution is 6.01. The molecule has 17 heavy (non-hydrogen) atoms. The second kappa shape index (κ2) is 5.29. The molecule has 84 valence electrons. The van der Waals surface area contributed by atoms with Gasteiger partial charge in [0, 0.05) is 0 Å². The Labute approximate surface area is 96.7 Å². The molecule has 6 heteroatoms. The number of nitrogens with zero attached hydrogens (tertiary/aromatic N) is 2. The highest BCUT2D eigenvalue weighted by atomic mass is 16.4. The van der Waals surface area contributed by atoms with Crippen LogP contribution in [0.3, 0.4) is 0 Å². The fraction of sp³-hybridized carbons (Fsp3) is 0.0909. The SMILES string of the molecule is N#CCC(=O)Nc1cc(C#N)ccc1C(=O)O. The highest BCUT2D eigenvalue weighted by Crippen LogP contribution is 2.17. The van der Waals surface area contributed by atoms with E-state index in [1.807, 2.05) is 6.07 Å². The van der Waals surface area contributed by atoms with Crippen LogP contribution in [0.4, 0.5) is 5.69 Å². The number of hydrogen-bond acceptors (Lipinski definition) is 4. The van der Waals surface area contributed by atoms with E-state index in [2.05, 4.69) is 5.32 Å². The van der Waals surface area contributed by atoms with Crippen LogP contribution in [0.25, 0.3) is 0 Å². The number of aromatic carboxylic acids is 1. The molecular weight excluding hydrogens is 222 g/mol. The van der Waals surface area contributed by atoms with Gasteiger partial charge in [0.05, 0.1) is 29.0 Å². The molecule has 1 amide bonds. The van der Waals surface area contributed by atoms with Gasteiger partial charge in [-0.3, -0.25) is 4.79 Å². The van der Waals surface area contributed by atoms with Gasteiger partial charge in [-0.05, 0) is 18.2 Å². The molecule has 0 aliphatic rings.